The molecule has 8 nitrogen and oxygen atoms in total. The molecule has 0 unspecified atom stereocenters. The normalized spacial score (nSPS) is 11.1. The monoisotopic (exact) mass is 538 g/mol. The number of hydrogen-bond donors (Lipinski definition) is 2. The lowest BCUT2D eigenvalue weighted by Crippen LogP contribution is -2.24. The van der Waals surface area contributed by atoms with E-state index in [1.54, 1.807) is 48.5 Å². The maximum absolute atomic E-state index is 13.2. The van der Waals surface area contributed by atoms with Crippen molar-refractivity contribution in [2.75, 3.05) is 12.9 Å². The average Bonchev–Trinajstić information content (AvgIpc) is 2.85. The number of thioether (sulfide) groups is 1. The lowest BCUT2D eigenvalue weighted by Gasteiger charge is -2.13. The number of nitrogens with zero attached hydrogens (tertiary/aromatic N) is 3. The van der Waals surface area contributed by atoms with Crippen LogP contribution < -0.4 is 15.7 Å². The van der Waals surface area contributed by atoms with Gasteiger partial charge in [-0.3, -0.25) is 14.2 Å². The largest absolute Gasteiger partial charge is 0.504 e. The van der Waals surface area contributed by atoms with Gasteiger partial charge >= 0.3 is 0 Å². The lowest BCUT2D eigenvalue weighted by molar-refractivity contribution is -0.118. The summed E-state index contributed by atoms with van der Waals surface area (Å²) in [7, 11) is 1.45. The number of para-hydroxylation sites is 2. The molecule has 10 heteroatoms. The average molecular weight is 539 g/mol. The van der Waals surface area contributed by atoms with Crippen LogP contribution in [-0.4, -0.2) is 39.6 Å². The SMILES string of the molecule is COc1cccc(/C=N/NC(=O)CSc2nc3ccccc3c(=O)n2-c2ccc(Br)cc2)c1O. The number of carbonyl (C=O) groups is 1. The van der Waals surface area contributed by atoms with E-state index in [4.69, 9.17) is 4.74 Å². The van der Waals surface area contributed by atoms with Gasteiger partial charge in [0, 0.05) is 10.0 Å². The van der Waals surface area contributed by atoms with Crippen molar-refractivity contribution in [3.63, 3.8) is 0 Å². The van der Waals surface area contributed by atoms with E-state index in [-0.39, 0.29) is 17.1 Å². The number of phenols is 1. The fraction of sp³-hybridized carbons (Fsp3) is 0.0833. The Balaban J connectivity index is 1.55. The van der Waals surface area contributed by atoms with E-state index >= 15 is 0 Å². The molecule has 0 saturated heterocycles. The molecule has 1 amide bonds. The number of rotatable bonds is 7. The van der Waals surface area contributed by atoms with Crippen LogP contribution in [0.25, 0.3) is 16.6 Å². The number of nitrogens with one attached hydrogen (secondary N) is 1. The fourth-order valence-corrected chi connectivity index (χ4v) is 4.24. The van der Waals surface area contributed by atoms with Gasteiger partial charge in [-0.2, -0.15) is 5.10 Å². The predicted octanol–water partition coefficient (Wildman–Crippen LogP) is 4.10. The zero-order chi connectivity index (χ0) is 24.1. The van der Waals surface area contributed by atoms with Crippen molar-refractivity contribution < 1.29 is 14.6 Å². The molecular formula is C24H19BrN4O4S. The number of carbonyl (C=O) groups excluding carboxylic acids is 1. The molecule has 4 aromatic rings. The highest BCUT2D eigenvalue weighted by Crippen LogP contribution is 2.28. The first-order valence-corrected chi connectivity index (χ1v) is 11.8. The Kier molecular flexibility index (Phi) is 7.29. The van der Waals surface area contributed by atoms with Crippen molar-refractivity contribution in [1.82, 2.24) is 15.0 Å². The third-order valence-corrected chi connectivity index (χ3v) is 6.27. The number of hydrogen-bond acceptors (Lipinski definition) is 7. The number of fused-ring (bicyclic) bond motifs is 1. The second kappa shape index (κ2) is 10.5. The molecular weight excluding hydrogens is 520 g/mol. The molecule has 0 aliphatic rings. The smallest absolute Gasteiger partial charge is 0.266 e. The zero-order valence-corrected chi connectivity index (χ0v) is 20.3. The van der Waals surface area contributed by atoms with Crippen LogP contribution in [0.3, 0.4) is 0 Å². The Labute approximate surface area is 207 Å². The number of aromatic nitrogens is 2. The molecule has 2 N–H and O–H groups in total. The van der Waals surface area contributed by atoms with E-state index in [1.165, 1.54) is 17.9 Å². The van der Waals surface area contributed by atoms with Crippen molar-refractivity contribution in [3.8, 4) is 17.2 Å². The topological polar surface area (TPSA) is 106 Å². The Hall–Kier alpha value is -3.63. The van der Waals surface area contributed by atoms with Crippen LogP contribution in [0.5, 0.6) is 11.5 Å². The summed E-state index contributed by atoms with van der Waals surface area (Å²) in [5, 5.41) is 14.9. The highest BCUT2D eigenvalue weighted by atomic mass is 79.9. The molecule has 0 atom stereocenters. The highest BCUT2D eigenvalue weighted by molar-refractivity contribution is 9.10. The van der Waals surface area contributed by atoms with Gasteiger partial charge in [0.15, 0.2) is 16.7 Å². The number of aromatic hydroxyl groups is 1. The van der Waals surface area contributed by atoms with Gasteiger partial charge in [-0.05, 0) is 48.5 Å². The number of halogens is 1. The summed E-state index contributed by atoms with van der Waals surface area (Å²) in [6.45, 7) is 0. The molecule has 4 rings (SSSR count). The van der Waals surface area contributed by atoms with Crippen molar-refractivity contribution in [2.45, 2.75) is 5.16 Å². The number of methoxy groups -OCH3 is 1. The Morgan fingerprint density at radius 2 is 1.94 bits per heavy atom. The van der Waals surface area contributed by atoms with Crippen molar-refractivity contribution in [2.24, 2.45) is 5.10 Å². The van der Waals surface area contributed by atoms with Crippen LogP contribution >= 0.6 is 27.7 Å². The number of hydrazone groups is 1. The van der Waals surface area contributed by atoms with Crippen molar-refractivity contribution in [3.05, 3.63) is 87.1 Å². The van der Waals surface area contributed by atoms with Gasteiger partial charge < -0.3 is 9.84 Å². The minimum absolute atomic E-state index is 0.0251. The third kappa shape index (κ3) is 5.13. The fourth-order valence-electron chi connectivity index (χ4n) is 3.17. The first-order chi connectivity index (χ1) is 16.5. The van der Waals surface area contributed by atoms with Gasteiger partial charge in [0.1, 0.15) is 0 Å². The van der Waals surface area contributed by atoms with E-state index in [0.717, 1.165) is 16.2 Å². The molecule has 0 aliphatic carbocycles. The van der Waals surface area contributed by atoms with Crippen LogP contribution in [0.4, 0.5) is 0 Å². The summed E-state index contributed by atoms with van der Waals surface area (Å²) in [6.07, 6.45) is 1.33. The Morgan fingerprint density at radius 1 is 1.18 bits per heavy atom. The molecule has 0 bridgehead atoms. The Bertz CT molecular complexity index is 1440. The molecule has 0 fully saturated rings. The van der Waals surface area contributed by atoms with Crippen LogP contribution in [0.2, 0.25) is 0 Å². The summed E-state index contributed by atoms with van der Waals surface area (Å²) in [6, 6.07) is 19.3. The van der Waals surface area contributed by atoms with Crippen LogP contribution in [-0.2, 0) is 4.79 Å². The van der Waals surface area contributed by atoms with Crippen LogP contribution in [0, 0.1) is 0 Å². The quantitative estimate of drug-likeness (QED) is 0.159. The van der Waals surface area contributed by atoms with E-state index in [9.17, 15) is 14.7 Å². The third-order valence-electron chi connectivity index (χ3n) is 4.81. The predicted molar refractivity (Wildman–Crippen MR) is 136 cm³/mol. The highest BCUT2D eigenvalue weighted by Gasteiger charge is 2.15. The summed E-state index contributed by atoms with van der Waals surface area (Å²) in [5.41, 5.74) is 3.79. The summed E-state index contributed by atoms with van der Waals surface area (Å²) < 4.78 is 7.43. The molecule has 3 aromatic carbocycles. The van der Waals surface area contributed by atoms with E-state index < -0.39 is 5.91 Å². The molecule has 0 aliphatic heterocycles. The first-order valence-electron chi connectivity index (χ1n) is 10.1. The van der Waals surface area contributed by atoms with E-state index in [2.05, 4.69) is 31.4 Å². The van der Waals surface area contributed by atoms with Crippen LogP contribution in [0.15, 0.2) is 86.3 Å². The molecule has 1 aromatic heterocycles. The number of phenolic OH excluding ortho intramolecular Hbond substituents is 1. The van der Waals surface area contributed by atoms with Crippen molar-refractivity contribution >= 4 is 50.7 Å². The molecule has 34 heavy (non-hydrogen) atoms. The summed E-state index contributed by atoms with van der Waals surface area (Å²) in [5.74, 6) is -0.188. The molecule has 1 heterocycles. The van der Waals surface area contributed by atoms with E-state index in [1.807, 2.05) is 18.2 Å². The molecule has 0 spiro atoms. The van der Waals surface area contributed by atoms with Gasteiger partial charge in [0.05, 0.1) is 35.7 Å². The van der Waals surface area contributed by atoms with Gasteiger partial charge in [-0.25, -0.2) is 10.4 Å². The van der Waals surface area contributed by atoms with E-state index in [0.29, 0.717) is 33.1 Å². The lowest BCUT2D eigenvalue weighted by atomic mass is 10.2. The minimum Gasteiger partial charge on any atom is -0.504 e. The summed E-state index contributed by atoms with van der Waals surface area (Å²) in [4.78, 5) is 30.2. The summed E-state index contributed by atoms with van der Waals surface area (Å²) >= 11 is 4.52. The van der Waals surface area contributed by atoms with Gasteiger partial charge in [0.25, 0.3) is 11.5 Å². The maximum atomic E-state index is 13.2. The maximum Gasteiger partial charge on any atom is 0.266 e. The van der Waals surface area contributed by atoms with Gasteiger partial charge in [0.2, 0.25) is 0 Å². The standard InChI is InChI=1S/C24H19BrN4O4S/c1-33-20-8-4-5-15(22(20)31)13-26-28-21(30)14-34-24-27-19-7-3-2-6-18(19)23(32)29(24)17-11-9-16(25)10-12-17/h2-13,31H,14H2,1H3,(H,28,30)/b26-13+. The van der Waals surface area contributed by atoms with Crippen molar-refractivity contribution in [1.29, 1.82) is 0 Å². The second-order valence-corrected chi connectivity index (χ2v) is 8.87. The minimum atomic E-state index is -0.395. The molecule has 0 saturated carbocycles. The van der Waals surface area contributed by atoms with Gasteiger partial charge in [-0.15, -0.1) is 0 Å². The number of amides is 1. The van der Waals surface area contributed by atoms with Crippen LogP contribution in [0.1, 0.15) is 5.56 Å². The second-order valence-electron chi connectivity index (χ2n) is 7.01. The number of ether oxygens (including phenoxy) is 1. The number of benzene rings is 3. The van der Waals surface area contributed by atoms with Gasteiger partial charge in [-0.1, -0.05) is 45.9 Å². The molecule has 172 valence electrons. The molecule has 0 radical (unpaired) electrons. The first kappa shape index (κ1) is 23.5. The zero-order valence-electron chi connectivity index (χ0n) is 17.9. The Morgan fingerprint density at radius 3 is 2.71 bits per heavy atom.